The number of pyridine rings is 1. The second-order valence-corrected chi connectivity index (χ2v) is 7.63. The Balaban J connectivity index is 2.80. The average Bonchev–Trinajstić information content (AvgIpc) is 2.31. The van der Waals surface area contributed by atoms with E-state index in [4.69, 9.17) is 26.6 Å². The molecule has 21 heavy (non-hydrogen) atoms. The van der Waals surface area contributed by atoms with E-state index in [9.17, 15) is 9.35 Å². The minimum absolute atomic E-state index is 0.0779. The van der Waals surface area contributed by atoms with Crippen LogP contribution in [0.1, 0.15) is 18.4 Å². The molecule has 0 fully saturated rings. The summed E-state index contributed by atoms with van der Waals surface area (Å²) < 4.78 is 18.7. The van der Waals surface area contributed by atoms with Gasteiger partial charge in [0.1, 0.15) is 5.15 Å². The van der Waals surface area contributed by atoms with Gasteiger partial charge in [-0.1, -0.05) is 21.7 Å². The number of halogens is 1. The maximum atomic E-state index is 10.6. The molecule has 3 N–H and O–H groups in total. The number of unbranched alkanes of at least 4 members (excludes halogenated alkanes) is 1. The predicted molar refractivity (Wildman–Crippen MR) is 82.5 cm³/mol. The van der Waals surface area contributed by atoms with Gasteiger partial charge in [-0.25, -0.2) is 9.78 Å². The van der Waals surface area contributed by atoms with Gasteiger partial charge in [0.05, 0.1) is 6.61 Å². The zero-order valence-electron chi connectivity index (χ0n) is 11.6. The first-order chi connectivity index (χ1) is 9.82. The fourth-order valence-electron chi connectivity index (χ4n) is 1.64. The van der Waals surface area contributed by atoms with E-state index in [1.54, 1.807) is 6.07 Å². The minimum atomic E-state index is -2.95. The van der Waals surface area contributed by atoms with Crippen LogP contribution in [0.25, 0.3) is 0 Å². The lowest BCUT2D eigenvalue weighted by Crippen LogP contribution is -2.13. The van der Waals surface area contributed by atoms with Gasteiger partial charge in [0, 0.05) is 18.4 Å². The molecule has 9 heteroatoms. The predicted octanol–water partition coefficient (Wildman–Crippen LogP) is 2.24. The van der Waals surface area contributed by atoms with E-state index >= 15 is 0 Å². The lowest BCUT2D eigenvalue weighted by Gasteiger charge is -2.17. The van der Waals surface area contributed by atoms with Gasteiger partial charge in [0.2, 0.25) is 5.88 Å². The van der Waals surface area contributed by atoms with Gasteiger partial charge in [0.25, 0.3) is 0 Å². The van der Waals surface area contributed by atoms with Crippen LogP contribution in [-0.2, 0) is 15.9 Å². The van der Waals surface area contributed by atoms with Gasteiger partial charge < -0.3 is 19.5 Å². The molecule has 0 atom stereocenters. The van der Waals surface area contributed by atoms with Crippen molar-refractivity contribution in [1.29, 1.82) is 0 Å². The Morgan fingerprint density at radius 3 is 2.81 bits per heavy atom. The van der Waals surface area contributed by atoms with Gasteiger partial charge in [-0.2, -0.15) is 4.36 Å². The van der Waals surface area contributed by atoms with Crippen molar-refractivity contribution in [2.75, 3.05) is 19.5 Å². The zero-order valence-corrected chi connectivity index (χ0v) is 13.2. The lowest BCUT2D eigenvalue weighted by molar-refractivity contribution is 0.206. The molecule has 0 unspecified atom stereocenters. The normalized spacial score (nSPS) is 12.0. The number of aliphatic hydroxyl groups is 1. The molecule has 0 saturated carbocycles. The number of hydrogen-bond donors (Lipinski definition) is 4. The van der Waals surface area contributed by atoms with Crippen molar-refractivity contribution in [3.8, 4) is 5.88 Å². The number of amides is 1. The summed E-state index contributed by atoms with van der Waals surface area (Å²) in [5.74, 6) is 0.375. The first-order valence-electron chi connectivity index (χ1n) is 6.27. The number of nitrogens with zero attached hydrogens (tertiary/aromatic N) is 2. The van der Waals surface area contributed by atoms with Gasteiger partial charge in [-0.3, -0.25) is 0 Å². The van der Waals surface area contributed by atoms with Crippen LogP contribution in [-0.4, -0.2) is 45.3 Å². The summed E-state index contributed by atoms with van der Waals surface area (Å²) >= 11 is 5.88. The molecule has 7 nitrogen and oxygen atoms in total. The average molecular weight is 339 g/mol. The molecule has 1 rings (SSSR count). The summed E-state index contributed by atoms with van der Waals surface area (Å²) in [6, 6.07) is 3.13. The van der Waals surface area contributed by atoms with Crippen molar-refractivity contribution in [3.05, 3.63) is 22.8 Å². The number of hydrogen-bond acceptors (Lipinski definition) is 4. The molecule has 0 saturated heterocycles. The molecular formula is C12H19ClN2O5S. The molecule has 120 valence electrons. The topological polar surface area (TPSA) is 112 Å². The Kier molecular flexibility index (Phi) is 7.03. The lowest BCUT2D eigenvalue weighted by atomic mass is 10.3. The molecule has 0 spiro atoms. The molecule has 1 aromatic rings. The van der Waals surface area contributed by atoms with E-state index in [0.717, 1.165) is 0 Å². The van der Waals surface area contributed by atoms with Crippen LogP contribution >= 0.6 is 11.6 Å². The Morgan fingerprint density at radius 1 is 1.48 bits per heavy atom. The standard InChI is InChI=1S/C12H19ClN2O5S/c1-21(19,15-12(17)18)8-9-6-10(13)14-11(7-9)20-5-3-2-4-16/h6-7,16,21H,2-5,8H2,1H3,(H,15,19)(H,17,18). The number of thiol groups is 1. The van der Waals surface area contributed by atoms with Crippen LogP contribution < -0.4 is 4.74 Å². The summed E-state index contributed by atoms with van der Waals surface area (Å²) in [5.41, 5.74) is 0.607. The summed E-state index contributed by atoms with van der Waals surface area (Å²) in [4.78, 5) is 14.5. The molecule has 0 aliphatic carbocycles. The van der Waals surface area contributed by atoms with Crippen molar-refractivity contribution in [1.82, 2.24) is 4.98 Å². The van der Waals surface area contributed by atoms with Crippen molar-refractivity contribution >= 4 is 27.8 Å². The van der Waals surface area contributed by atoms with E-state index in [-0.39, 0.29) is 17.5 Å². The Morgan fingerprint density at radius 2 is 2.19 bits per heavy atom. The quantitative estimate of drug-likeness (QED) is 0.344. The van der Waals surface area contributed by atoms with Crippen LogP contribution in [0.3, 0.4) is 0 Å². The highest BCUT2D eigenvalue weighted by Gasteiger charge is 2.10. The molecule has 1 aromatic heterocycles. The van der Waals surface area contributed by atoms with Crippen LogP contribution in [0.15, 0.2) is 16.5 Å². The van der Waals surface area contributed by atoms with E-state index < -0.39 is 16.2 Å². The van der Waals surface area contributed by atoms with Crippen molar-refractivity contribution in [2.45, 2.75) is 18.6 Å². The number of carbonyl (C=O) groups is 1. The third kappa shape index (κ3) is 7.37. The molecule has 1 amide bonds. The summed E-state index contributed by atoms with van der Waals surface area (Å²) in [6.07, 6.45) is 1.32. The number of ether oxygens (including phenoxy) is 1. The molecule has 0 aromatic carbocycles. The molecule has 0 aliphatic heterocycles. The van der Waals surface area contributed by atoms with Gasteiger partial charge in [-0.05, 0) is 30.7 Å². The molecule has 0 aliphatic rings. The van der Waals surface area contributed by atoms with E-state index in [2.05, 4.69) is 9.35 Å². The van der Waals surface area contributed by atoms with Crippen LogP contribution in [0.5, 0.6) is 5.88 Å². The number of aromatic nitrogens is 1. The second kappa shape index (κ2) is 8.28. The van der Waals surface area contributed by atoms with Gasteiger partial charge in [0.15, 0.2) is 0 Å². The Hall–Kier alpha value is -1.22. The molecular weight excluding hydrogens is 320 g/mol. The number of rotatable bonds is 7. The highest BCUT2D eigenvalue weighted by Crippen LogP contribution is 2.20. The maximum absolute atomic E-state index is 10.6. The fraction of sp³-hybridized carbons (Fsp3) is 0.500. The maximum Gasteiger partial charge on any atom is 0.437 e. The first kappa shape index (κ1) is 17.8. The van der Waals surface area contributed by atoms with E-state index in [1.165, 1.54) is 12.3 Å². The summed E-state index contributed by atoms with van der Waals surface area (Å²) in [7, 11) is -2.95. The van der Waals surface area contributed by atoms with Crippen molar-refractivity contribution in [2.24, 2.45) is 4.36 Å². The highest BCUT2D eigenvalue weighted by atomic mass is 35.5. The molecule has 0 bridgehead atoms. The van der Waals surface area contributed by atoms with Crippen molar-refractivity contribution < 1.29 is 24.3 Å². The minimum Gasteiger partial charge on any atom is -0.478 e. The second-order valence-electron chi connectivity index (χ2n) is 4.54. The van der Waals surface area contributed by atoms with Gasteiger partial charge >= 0.3 is 6.09 Å². The first-order valence-corrected chi connectivity index (χ1v) is 8.97. The Bertz CT molecular complexity index is 546. The molecule has 1 heterocycles. The van der Waals surface area contributed by atoms with E-state index in [0.29, 0.717) is 30.9 Å². The SMILES string of the molecule is C[SH](O)(Cc1cc(Cl)nc(OCCCCO)c1)=NC(=O)O. The van der Waals surface area contributed by atoms with Crippen molar-refractivity contribution in [3.63, 3.8) is 0 Å². The Labute approximate surface area is 128 Å². The molecule has 0 radical (unpaired) electrons. The van der Waals surface area contributed by atoms with Crippen LogP contribution in [0.2, 0.25) is 5.15 Å². The largest absolute Gasteiger partial charge is 0.478 e. The zero-order chi connectivity index (χ0) is 15.9. The highest BCUT2D eigenvalue weighted by molar-refractivity contribution is 7.98. The number of carboxylic acid groups (broad SMARTS) is 1. The summed E-state index contributed by atoms with van der Waals surface area (Å²) in [5, 5.41) is 17.5. The van der Waals surface area contributed by atoms with E-state index in [1.807, 2.05) is 0 Å². The van der Waals surface area contributed by atoms with Gasteiger partial charge in [-0.15, -0.1) is 0 Å². The van der Waals surface area contributed by atoms with Crippen LogP contribution in [0.4, 0.5) is 4.79 Å². The third-order valence-corrected chi connectivity index (χ3v) is 4.18. The number of aliphatic hydroxyl groups excluding tert-OH is 1. The third-order valence-electron chi connectivity index (χ3n) is 2.42. The smallest absolute Gasteiger partial charge is 0.437 e. The fourth-order valence-corrected chi connectivity index (χ4v) is 3.18. The summed E-state index contributed by atoms with van der Waals surface area (Å²) in [6.45, 7) is 0.486. The monoisotopic (exact) mass is 338 g/mol. The van der Waals surface area contributed by atoms with Crippen LogP contribution in [0, 0.1) is 0 Å².